The van der Waals surface area contributed by atoms with E-state index in [0.717, 1.165) is 24.8 Å². The van der Waals surface area contributed by atoms with E-state index in [0.29, 0.717) is 28.9 Å². The van der Waals surface area contributed by atoms with Crippen LogP contribution in [0.25, 0.3) is 0 Å². The largest absolute Gasteiger partial charge is 0.353 e. The van der Waals surface area contributed by atoms with Crippen LogP contribution in [-0.4, -0.2) is 18.5 Å². The molecule has 21 heavy (non-hydrogen) atoms. The van der Waals surface area contributed by atoms with Crippen molar-refractivity contribution in [2.75, 3.05) is 6.54 Å². The van der Waals surface area contributed by atoms with Gasteiger partial charge in [0.25, 0.3) is 0 Å². The van der Waals surface area contributed by atoms with Crippen LogP contribution < -0.4 is 11.1 Å². The SMILES string of the molecule is CC(Cc1ccc(Cl)cc1Cl)C(=O)NC1CCCC1CN. The Morgan fingerprint density at radius 2 is 2.19 bits per heavy atom. The van der Waals surface area contributed by atoms with Crippen LogP contribution in [0.15, 0.2) is 18.2 Å². The minimum Gasteiger partial charge on any atom is -0.353 e. The van der Waals surface area contributed by atoms with Crippen molar-refractivity contribution in [1.29, 1.82) is 0 Å². The molecule has 1 aliphatic carbocycles. The van der Waals surface area contributed by atoms with E-state index < -0.39 is 0 Å². The molecular formula is C16H22Cl2N2O. The molecule has 1 aromatic carbocycles. The van der Waals surface area contributed by atoms with Gasteiger partial charge < -0.3 is 11.1 Å². The number of hydrogen-bond donors (Lipinski definition) is 2. The highest BCUT2D eigenvalue weighted by atomic mass is 35.5. The number of nitrogens with two attached hydrogens (primary N) is 1. The van der Waals surface area contributed by atoms with Crippen molar-refractivity contribution in [2.45, 2.75) is 38.6 Å². The molecular weight excluding hydrogens is 307 g/mol. The number of halogens is 2. The van der Waals surface area contributed by atoms with Gasteiger partial charge in [-0.25, -0.2) is 0 Å². The number of nitrogens with one attached hydrogen (secondary N) is 1. The summed E-state index contributed by atoms with van der Waals surface area (Å²) in [6.07, 6.45) is 3.90. The third kappa shape index (κ3) is 4.35. The minimum atomic E-state index is -0.122. The Labute approximate surface area is 136 Å². The first-order chi connectivity index (χ1) is 10.0. The summed E-state index contributed by atoms with van der Waals surface area (Å²) >= 11 is 12.0. The second-order valence-corrected chi connectivity index (χ2v) is 6.73. The molecule has 116 valence electrons. The van der Waals surface area contributed by atoms with E-state index in [-0.39, 0.29) is 17.9 Å². The maximum Gasteiger partial charge on any atom is 0.223 e. The lowest BCUT2D eigenvalue weighted by Crippen LogP contribution is -2.42. The highest BCUT2D eigenvalue weighted by Gasteiger charge is 2.28. The average Bonchev–Trinajstić information content (AvgIpc) is 2.89. The Balaban J connectivity index is 1.93. The van der Waals surface area contributed by atoms with Gasteiger partial charge in [-0.15, -0.1) is 0 Å². The molecule has 3 nitrogen and oxygen atoms in total. The third-order valence-corrected chi connectivity index (χ3v) is 4.87. The molecule has 3 unspecified atom stereocenters. The van der Waals surface area contributed by atoms with Crippen LogP contribution in [-0.2, 0) is 11.2 Å². The Morgan fingerprint density at radius 3 is 2.86 bits per heavy atom. The van der Waals surface area contributed by atoms with E-state index in [4.69, 9.17) is 28.9 Å². The first-order valence-electron chi connectivity index (χ1n) is 7.45. The van der Waals surface area contributed by atoms with Crippen LogP contribution in [0, 0.1) is 11.8 Å². The molecule has 0 radical (unpaired) electrons. The van der Waals surface area contributed by atoms with E-state index in [9.17, 15) is 4.79 Å². The van der Waals surface area contributed by atoms with Crippen molar-refractivity contribution in [3.63, 3.8) is 0 Å². The van der Waals surface area contributed by atoms with Crippen molar-refractivity contribution in [3.05, 3.63) is 33.8 Å². The number of rotatable bonds is 5. The van der Waals surface area contributed by atoms with E-state index in [1.165, 1.54) is 0 Å². The molecule has 3 atom stereocenters. The van der Waals surface area contributed by atoms with Crippen LogP contribution in [0.4, 0.5) is 0 Å². The molecule has 1 aliphatic rings. The van der Waals surface area contributed by atoms with Gasteiger partial charge in [-0.3, -0.25) is 4.79 Å². The van der Waals surface area contributed by atoms with Crippen LogP contribution in [0.3, 0.4) is 0 Å². The van der Waals surface area contributed by atoms with Crippen molar-refractivity contribution in [3.8, 4) is 0 Å². The summed E-state index contributed by atoms with van der Waals surface area (Å²) in [6.45, 7) is 2.56. The van der Waals surface area contributed by atoms with Gasteiger partial charge >= 0.3 is 0 Å². The highest BCUT2D eigenvalue weighted by molar-refractivity contribution is 6.35. The fourth-order valence-electron chi connectivity index (χ4n) is 2.94. The van der Waals surface area contributed by atoms with Crippen LogP contribution in [0.1, 0.15) is 31.7 Å². The maximum atomic E-state index is 12.3. The van der Waals surface area contributed by atoms with Gasteiger partial charge in [-0.1, -0.05) is 42.6 Å². The van der Waals surface area contributed by atoms with Crippen LogP contribution >= 0.6 is 23.2 Å². The Kier molecular flexibility index (Phi) is 5.91. The van der Waals surface area contributed by atoms with E-state index in [1.54, 1.807) is 12.1 Å². The molecule has 2 rings (SSSR count). The predicted octanol–water partition coefficient (Wildman–Crippen LogP) is 3.42. The van der Waals surface area contributed by atoms with Crippen molar-refractivity contribution < 1.29 is 4.79 Å². The molecule has 1 amide bonds. The molecule has 0 aromatic heterocycles. The predicted molar refractivity (Wildman–Crippen MR) is 87.7 cm³/mol. The second kappa shape index (κ2) is 7.48. The summed E-state index contributed by atoms with van der Waals surface area (Å²) in [4.78, 5) is 12.3. The zero-order valence-electron chi connectivity index (χ0n) is 12.2. The fraction of sp³-hybridized carbons (Fsp3) is 0.562. The average molecular weight is 329 g/mol. The monoisotopic (exact) mass is 328 g/mol. The van der Waals surface area contributed by atoms with Gasteiger partial charge in [-0.05, 0) is 49.4 Å². The molecule has 1 saturated carbocycles. The van der Waals surface area contributed by atoms with Gasteiger partial charge in [0.1, 0.15) is 0 Å². The Bertz CT molecular complexity index is 507. The molecule has 0 saturated heterocycles. The third-order valence-electron chi connectivity index (χ3n) is 4.28. The number of carbonyl (C=O) groups is 1. The van der Waals surface area contributed by atoms with Crippen molar-refractivity contribution in [2.24, 2.45) is 17.6 Å². The number of hydrogen-bond acceptors (Lipinski definition) is 2. The molecule has 0 heterocycles. The van der Waals surface area contributed by atoms with Crippen LogP contribution in [0.2, 0.25) is 10.0 Å². The molecule has 0 bridgehead atoms. The molecule has 1 aromatic rings. The number of amides is 1. The van der Waals surface area contributed by atoms with E-state index >= 15 is 0 Å². The first kappa shape index (κ1) is 16.6. The first-order valence-corrected chi connectivity index (χ1v) is 8.21. The van der Waals surface area contributed by atoms with Gasteiger partial charge in [0.05, 0.1) is 0 Å². The molecule has 0 spiro atoms. The molecule has 0 aliphatic heterocycles. The highest BCUT2D eigenvalue weighted by Crippen LogP contribution is 2.26. The smallest absolute Gasteiger partial charge is 0.223 e. The topological polar surface area (TPSA) is 55.1 Å². The molecule has 1 fully saturated rings. The lowest BCUT2D eigenvalue weighted by molar-refractivity contribution is -0.125. The lowest BCUT2D eigenvalue weighted by atomic mass is 9.98. The van der Waals surface area contributed by atoms with E-state index in [1.807, 2.05) is 13.0 Å². The van der Waals surface area contributed by atoms with Gasteiger partial charge in [0.15, 0.2) is 0 Å². The van der Waals surface area contributed by atoms with Crippen LogP contribution in [0.5, 0.6) is 0 Å². The molecule has 3 N–H and O–H groups in total. The zero-order valence-corrected chi connectivity index (χ0v) is 13.8. The van der Waals surface area contributed by atoms with E-state index in [2.05, 4.69) is 5.32 Å². The van der Waals surface area contributed by atoms with Gasteiger partial charge in [0, 0.05) is 22.0 Å². The second-order valence-electron chi connectivity index (χ2n) is 5.88. The quantitative estimate of drug-likeness (QED) is 0.870. The Hall–Kier alpha value is -0.770. The summed E-state index contributed by atoms with van der Waals surface area (Å²) in [5.41, 5.74) is 6.70. The summed E-state index contributed by atoms with van der Waals surface area (Å²) in [7, 11) is 0. The van der Waals surface area contributed by atoms with Crippen molar-refractivity contribution in [1.82, 2.24) is 5.32 Å². The van der Waals surface area contributed by atoms with Gasteiger partial charge in [-0.2, -0.15) is 0 Å². The summed E-state index contributed by atoms with van der Waals surface area (Å²) < 4.78 is 0. The summed E-state index contributed by atoms with van der Waals surface area (Å²) in [6, 6.07) is 5.62. The van der Waals surface area contributed by atoms with Gasteiger partial charge in [0.2, 0.25) is 5.91 Å². The standard InChI is InChI=1S/C16H22Cl2N2O/c1-10(7-11-5-6-13(17)8-14(11)18)16(21)20-15-4-2-3-12(15)9-19/h5-6,8,10,12,15H,2-4,7,9,19H2,1H3,(H,20,21). The van der Waals surface area contributed by atoms with Crippen molar-refractivity contribution >= 4 is 29.1 Å². The Morgan fingerprint density at radius 1 is 1.43 bits per heavy atom. The summed E-state index contributed by atoms with van der Waals surface area (Å²) in [5.74, 6) is 0.370. The number of benzene rings is 1. The minimum absolute atomic E-state index is 0.0753. The lowest BCUT2D eigenvalue weighted by Gasteiger charge is -2.22. The number of carbonyl (C=O) groups excluding carboxylic acids is 1. The molecule has 5 heteroatoms. The maximum absolute atomic E-state index is 12.3. The summed E-state index contributed by atoms with van der Waals surface area (Å²) in [5, 5.41) is 4.37. The zero-order chi connectivity index (χ0) is 15.4. The normalized spacial score (nSPS) is 23.0. The fourth-order valence-corrected chi connectivity index (χ4v) is 3.43.